The molecule has 0 saturated heterocycles. The SMILES string of the molecule is COc1cc(=O)n(C)cc1-c1cc([N+](=O)[O-])ccc1F. The summed E-state index contributed by atoms with van der Waals surface area (Å²) in [7, 11) is 2.84. The summed E-state index contributed by atoms with van der Waals surface area (Å²) in [6.07, 6.45) is 1.38. The minimum atomic E-state index is -0.632. The average molecular weight is 278 g/mol. The summed E-state index contributed by atoms with van der Waals surface area (Å²) >= 11 is 0. The maximum Gasteiger partial charge on any atom is 0.270 e. The van der Waals surface area contributed by atoms with Crippen molar-refractivity contribution in [1.82, 2.24) is 4.57 Å². The van der Waals surface area contributed by atoms with Gasteiger partial charge in [-0.05, 0) is 6.07 Å². The molecule has 0 radical (unpaired) electrons. The molecule has 0 saturated carbocycles. The maximum atomic E-state index is 13.9. The third kappa shape index (κ3) is 2.37. The minimum absolute atomic E-state index is 0.00616. The number of benzene rings is 1. The molecule has 0 amide bonds. The second-order valence-electron chi connectivity index (χ2n) is 4.13. The smallest absolute Gasteiger partial charge is 0.270 e. The van der Waals surface area contributed by atoms with Crippen molar-refractivity contribution in [2.45, 2.75) is 0 Å². The number of aromatic nitrogens is 1. The standard InChI is InChI=1S/C13H11FN2O4/c1-15-7-10(12(20-2)6-13(15)17)9-5-8(16(18)19)3-4-11(9)14/h3-7H,1-2H3. The van der Waals surface area contributed by atoms with Crippen molar-refractivity contribution in [1.29, 1.82) is 0 Å². The van der Waals surface area contributed by atoms with Crippen molar-refractivity contribution in [3.8, 4) is 16.9 Å². The predicted octanol–water partition coefficient (Wildman–Crippen LogP) is 2.11. The molecule has 1 aromatic heterocycles. The highest BCUT2D eigenvalue weighted by molar-refractivity contribution is 5.72. The van der Waals surface area contributed by atoms with Gasteiger partial charge < -0.3 is 9.30 Å². The van der Waals surface area contributed by atoms with Crippen molar-refractivity contribution < 1.29 is 14.1 Å². The zero-order chi connectivity index (χ0) is 14.9. The van der Waals surface area contributed by atoms with E-state index in [4.69, 9.17) is 4.74 Å². The first-order valence-corrected chi connectivity index (χ1v) is 5.63. The fraction of sp³-hybridized carbons (Fsp3) is 0.154. The van der Waals surface area contributed by atoms with Crippen LogP contribution in [0.5, 0.6) is 5.75 Å². The Morgan fingerprint density at radius 2 is 2.00 bits per heavy atom. The van der Waals surface area contributed by atoms with E-state index in [-0.39, 0.29) is 28.1 Å². The molecular formula is C13H11FN2O4. The predicted molar refractivity (Wildman–Crippen MR) is 70.3 cm³/mol. The number of methoxy groups -OCH3 is 1. The maximum absolute atomic E-state index is 13.9. The molecule has 2 rings (SSSR count). The first kappa shape index (κ1) is 13.7. The number of halogens is 1. The van der Waals surface area contributed by atoms with E-state index >= 15 is 0 Å². The van der Waals surface area contributed by atoms with Gasteiger partial charge in [0.2, 0.25) is 0 Å². The summed E-state index contributed by atoms with van der Waals surface area (Å²) in [4.78, 5) is 21.7. The lowest BCUT2D eigenvalue weighted by Crippen LogP contribution is -2.15. The Hall–Kier alpha value is -2.70. The molecule has 0 atom stereocenters. The Balaban J connectivity index is 2.73. The summed E-state index contributed by atoms with van der Waals surface area (Å²) in [5, 5.41) is 10.8. The van der Waals surface area contributed by atoms with Gasteiger partial charge in [0.25, 0.3) is 11.2 Å². The van der Waals surface area contributed by atoms with E-state index in [2.05, 4.69) is 0 Å². The van der Waals surface area contributed by atoms with Crippen molar-refractivity contribution >= 4 is 5.69 Å². The second kappa shape index (κ2) is 5.12. The van der Waals surface area contributed by atoms with E-state index in [0.717, 1.165) is 18.2 Å². The highest BCUT2D eigenvalue weighted by atomic mass is 19.1. The molecule has 0 bridgehead atoms. The van der Waals surface area contributed by atoms with Crippen LogP contribution in [0.3, 0.4) is 0 Å². The number of non-ortho nitro benzene ring substituents is 1. The number of aryl methyl sites for hydroxylation is 1. The molecule has 0 fully saturated rings. The first-order valence-electron chi connectivity index (χ1n) is 5.63. The number of hydrogen-bond donors (Lipinski definition) is 0. The van der Waals surface area contributed by atoms with Gasteiger partial charge in [0.05, 0.1) is 12.0 Å². The van der Waals surface area contributed by atoms with Crippen LogP contribution in [-0.2, 0) is 7.05 Å². The number of rotatable bonds is 3. The molecule has 1 heterocycles. The lowest BCUT2D eigenvalue weighted by Gasteiger charge is -2.10. The van der Waals surface area contributed by atoms with Crippen LogP contribution >= 0.6 is 0 Å². The third-order valence-corrected chi connectivity index (χ3v) is 2.86. The molecule has 0 N–H and O–H groups in total. The molecule has 2 aromatic rings. The van der Waals surface area contributed by atoms with E-state index in [0.29, 0.717) is 0 Å². The zero-order valence-electron chi connectivity index (χ0n) is 10.8. The summed E-state index contributed by atoms with van der Waals surface area (Å²) in [6.45, 7) is 0. The van der Waals surface area contributed by atoms with Crippen LogP contribution in [0.2, 0.25) is 0 Å². The molecule has 0 aliphatic carbocycles. The molecule has 104 valence electrons. The van der Waals surface area contributed by atoms with Gasteiger partial charge in [0.15, 0.2) is 0 Å². The topological polar surface area (TPSA) is 74.4 Å². The number of hydrogen-bond acceptors (Lipinski definition) is 4. The van der Waals surface area contributed by atoms with Gasteiger partial charge in [-0.25, -0.2) is 4.39 Å². The van der Waals surface area contributed by atoms with Crippen LogP contribution in [0, 0.1) is 15.9 Å². The van der Waals surface area contributed by atoms with E-state index < -0.39 is 10.7 Å². The molecule has 20 heavy (non-hydrogen) atoms. The van der Waals surface area contributed by atoms with E-state index in [1.54, 1.807) is 0 Å². The van der Waals surface area contributed by atoms with Crippen LogP contribution in [0.15, 0.2) is 35.3 Å². The van der Waals surface area contributed by atoms with Gasteiger partial charge in [0, 0.05) is 42.6 Å². The monoisotopic (exact) mass is 278 g/mol. The number of ether oxygens (including phenoxy) is 1. The Kier molecular flexibility index (Phi) is 3.51. The van der Waals surface area contributed by atoms with E-state index in [9.17, 15) is 19.3 Å². The van der Waals surface area contributed by atoms with Crippen LogP contribution in [-0.4, -0.2) is 16.6 Å². The van der Waals surface area contributed by atoms with Gasteiger partial charge in [-0.15, -0.1) is 0 Å². The van der Waals surface area contributed by atoms with Crippen LogP contribution in [0.25, 0.3) is 11.1 Å². The van der Waals surface area contributed by atoms with Gasteiger partial charge in [-0.2, -0.15) is 0 Å². The molecular weight excluding hydrogens is 267 g/mol. The van der Waals surface area contributed by atoms with Crippen molar-refractivity contribution in [3.63, 3.8) is 0 Å². The second-order valence-corrected chi connectivity index (χ2v) is 4.13. The summed E-state index contributed by atoms with van der Waals surface area (Å²) < 4.78 is 20.2. The van der Waals surface area contributed by atoms with Gasteiger partial charge in [-0.1, -0.05) is 0 Å². The Morgan fingerprint density at radius 3 is 2.60 bits per heavy atom. The molecule has 7 heteroatoms. The fourth-order valence-electron chi connectivity index (χ4n) is 1.82. The summed E-state index contributed by atoms with van der Waals surface area (Å²) in [6, 6.07) is 4.40. The number of nitro groups is 1. The molecule has 6 nitrogen and oxygen atoms in total. The van der Waals surface area contributed by atoms with Crippen LogP contribution in [0.4, 0.5) is 10.1 Å². The van der Waals surface area contributed by atoms with E-state index in [1.807, 2.05) is 0 Å². The first-order chi connectivity index (χ1) is 9.43. The van der Waals surface area contributed by atoms with Gasteiger partial charge in [0.1, 0.15) is 11.6 Å². The fourth-order valence-corrected chi connectivity index (χ4v) is 1.82. The van der Waals surface area contributed by atoms with Crippen molar-refractivity contribution in [2.75, 3.05) is 7.11 Å². The van der Waals surface area contributed by atoms with Crippen LogP contribution in [0.1, 0.15) is 0 Å². The summed E-state index contributed by atoms with van der Waals surface area (Å²) in [5.41, 5.74) is -0.281. The molecule has 0 unspecified atom stereocenters. The largest absolute Gasteiger partial charge is 0.496 e. The highest BCUT2D eigenvalue weighted by Crippen LogP contribution is 2.32. The van der Waals surface area contributed by atoms with E-state index in [1.165, 1.54) is 31.0 Å². The molecule has 0 aliphatic heterocycles. The van der Waals surface area contributed by atoms with Crippen LogP contribution < -0.4 is 10.3 Å². The zero-order valence-corrected chi connectivity index (χ0v) is 10.8. The van der Waals surface area contributed by atoms with Crippen molar-refractivity contribution in [2.24, 2.45) is 7.05 Å². The Morgan fingerprint density at radius 1 is 1.30 bits per heavy atom. The van der Waals surface area contributed by atoms with Gasteiger partial charge in [-0.3, -0.25) is 14.9 Å². The molecule has 0 aliphatic rings. The molecule has 0 spiro atoms. The minimum Gasteiger partial charge on any atom is -0.496 e. The normalized spacial score (nSPS) is 10.3. The Labute approximate surface area is 113 Å². The number of nitro benzene ring substituents is 1. The lowest BCUT2D eigenvalue weighted by molar-refractivity contribution is -0.384. The summed E-state index contributed by atoms with van der Waals surface area (Å²) in [5.74, 6) is -0.472. The van der Waals surface area contributed by atoms with Gasteiger partial charge >= 0.3 is 0 Å². The average Bonchev–Trinajstić information content (AvgIpc) is 2.41. The van der Waals surface area contributed by atoms with Crippen molar-refractivity contribution in [3.05, 3.63) is 56.7 Å². The Bertz CT molecular complexity index is 740. The number of nitrogens with zero attached hydrogens (tertiary/aromatic N) is 2. The highest BCUT2D eigenvalue weighted by Gasteiger charge is 2.16. The molecule has 1 aromatic carbocycles. The quantitative estimate of drug-likeness (QED) is 0.636. The lowest BCUT2D eigenvalue weighted by atomic mass is 10.1. The number of pyridine rings is 1. The third-order valence-electron chi connectivity index (χ3n) is 2.86.